The summed E-state index contributed by atoms with van der Waals surface area (Å²) in [5.41, 5.74) is 2.80. The minimum Gasteiger partial charge on any atom is -0.491 e. The summed E-state index contributed by atoms with van der Waals surface area (Å²) in [6, 6.07) is 18.2. The lowest BCUT2D eigenvalue weighted by Crippen LogP contribution is -2.39. The van der Waals surface area contributed by atoms with E-state index in [9.17, 15) is 19.7 Å². The van der Waals surface area contributed by atoms with Crippen LogP contribution < -0.4 is 24.4 Å². The summed E-state index contributed by atoms with van der Waals surface area (Å²) in [6.45, 7) is 7.78. The molecule has 0 radical (unpaired) electrons. The van der Waals surface area contributed by atoms with Crippen LogP contribution >= 0.6 is 27.3 Å². The number of carbonyl (C=O) groups excluding carboxylic acids is 1. The van der Waals surface area contributed by atoms with Crippen molar-refractivity contribution in [3.05, 3.63) is 129 Å². The normalized spacial score (nSPS) is 14.6. The van der Waals surface area contributed by atoms with Gasteiger partial charge in [0.1, 0.15) is 18.1 Å². The van der Waals surface area contributed by atoms with E-state index in [1.807, 2.05) is 50.2 Å². The summed E-state index contributed by atoms with van der Waals surface area (Å²) in [5.74, 6) is 0.741. The molecule has 1 aromatic heterocycles. The molecule has 45 heavy (non-hydrogen) atoms. The second-order valence-electron chi connectivity index (χ2n) is 10.4. The number of nitrogens with zero attached hydrogens (tertiary/aromatic N) is 3. The summed E-state index contributed by atoms with van der Waals surface area (Å²) in [4.78, 5) is 42.6. The van der Waals surface area contributed by atoms with Crippen LogP contribution in [-0.2, 0) is 16.1 Å². The summed E-state index contributed by atoms with van der Waals surface area (Å²) in [7, 11) is 0. The van der Waals surface area contributed by atoms with Crippen molar-refractivity contribution in [2.24, 2.45) is 4.99 Å². The molecule has 0 aliphatic carbocycles. The number of hydrogen-bond acceptors (Lipinski definition) is 9. The Balaban J connectivity index is 1.47. The lowest BCUT2D eigenvalue weighted by Gasteiger charge is -2.25. The number of benzene rings is 3. The van der Waals surface area contributed by atoms with Gasteiger partial charge in [0.15, 0.2) is 4.80 Å². The van der Waals surface area contributed by atoms with Gasteiger partial charge in [0.2, 0.25) is 0 Å². The zero-order chi connectivity index (χ0) is 32.2. The van der Waals surface area contributed by atoms with Crippen molar-refractivity contribution in [3.8, 4) is 11.5 Å². The van der Waals surface area contributed by atoms with Gasteiger partial charge >= 0.3 is 5.97 Å². The standard InChI is InChI=1S/C33H30BrN3O7S/c1-5-42-32(39)29-20(4)35-33-36(30(29)23-9-13-25(14-10-23)44-19(2)3)31(38)28(45-33)17-22-8-15-27(26(34)16-22)43-18-21-6-11-24(12-7-21)37(40)41/h6-17,19,30H,5,18H2,1-4H3/b28-17-/t30-/m1/s1. The monoisotopic (exact) mass is 691 g/mol. The van der Waals surface area contributed by atoms with Gasteiger partial charge in [0.05, 0.1) is 44.0 Å². The predicted octanol–water partition coefficient (Wildman–Crippen LogP) is 5.84. The molecular weight excluding hydrogens is 662 g/mol. The van der Waals surface area contributed by atoms with Gasteiger partial charge < -0.3 is 14.2 Å². The molecule has 1 aliphatic rings. The van der Waals surface area contributed by atoms with Crippen molar-refractivity contribution < 1.29 is 23.9 Å². The Bertz CT molecular complexity index is 1960. The molecule has 0 unspecified atom stereocenters. The first kappa shape index (κ1) is 31.9. The predicted molar refractivity (Wildman–Crippen MR) is 174 cm³/mol. The molecule has 1 aliphatic heterocycles. The summed E-state index contributed by atoms with van der Waals surface area (Å²) in [5, 5.41) is 10.9. The maximum absolute atomic E-state index is 13.9. The Morgan fingerprint density at radius 2 is 1.84 bits per heavy atom. The number of rotatable bonds is 10. The number of halogens is 1. The number of esters is 1. The van der Waals surface area contributed by atoms with Gasteiger partial charge in [-0.2, -0.15) is 0 Å². The maximum Gasteiger partial charge on any atom is 0.338 e. The van der Waals surface area contributed by atoms with Crippen molar-refractivity contribution in [3.63, 3.8) is 0 Å². The van der Waals surface area contributed by atoms with Crippen LogP contribution in [0.2, 0.25) is 0 Å². The summed E-state index contributed by atoms with van der Waals surface area (Å²) >= 11 is 4.79. The molecule has 0 saturated heterocycles. The van der Waals surface area contributed by atoms with E-state index in [0.717, 1.165) is 16.7 Å². The third-order valence-corrected chi connectivity index (χ3v) is 8.48. The van der Waals surface area contributed by atoms with Gasteiger partial charge in [-0.15, -0.1) is 0 Å². The SMILES string of the molecule is CCOC(=O)C1=C(C)N=c2s/c(=C\c3ccc(OCc4ccc([N+](=O)[O-])cc4)c(Br)c3)c(=O)n2[C@@H]1c1ccc(OC(C)C)cc1. The molecular formula is C33H30BrN3O7S. The number of hydrogen-bond donors (Lipinski definition) is 0. The van der Waals surface area contributed by atoms with E-state index in [1.165, 1.54) is 23.5 Å². The number of nitro groups is 1. The minimum absolute atomic E-state index is 0.00136. The van der Waals surface area contributed by atoms with E-state index in [0.29, 0.717) is 36.6 Å². The molecule has 10 nitrogen and oxygen atoms in total. The van der Waals surface area contributed by atoms with Gasteiger partial charge in [0.25, 0.3) is 11.2 Å². The fourth-order valence-corrected chi connectivity index (χ4v) is 6.42. The van der Waals surface area contributed by atoms with Gasteiger partial charge in [-0.3, -0.25) is 19.5 Å². The molecule has 232 valence electrons. The molecule has 0 saturated carbocycles. The van der Waals surface area contributed by atoms with Crippen LogP contribution in [0.25, 0.3) is 6.08 Å². The Morgan fingerprint density at radius 3 is 2.47 bits per heavy atom. The first-order valence-electron chi connectivity index (χ1n) is 14.2. The lowest BCUT2D eigenvalue weighted by atomic mass is 9.96. The van der Waals surface area contributed by atoms with E-state index in [2.05, 4.69) is 20.9 Å². The van der Waals surface area contributed by atoms with E-state index in [4.69, 9.17) is 14.2 Å². The Morgan fingerprint density at radius 1 is 1.13 bits per heavy atom. The zero-order valence-corrected chi connectivity index (χ0v) is 27.4. The molecule has 1 atom stereocenters. The topological polar surface area (TPSA) is 122 Å². The van der Waals surface area contributed by atoms with Gasteiger partial charge in [-0.05, 0) is 103 Å². The molecule has 5 rings (SSSR count). The van der Waals surface area contributed by atoms with Crippen LogP contribution in [0.4, 0.5) is 5.69 Å². The first-order valence-corrected chi connectivity index (χ1v) is 15.8. The lowest BCUT2D eigenvalue weighted by molar-refractivity contribution is -0.384. The molecule has 4 aromatic rings. The van der Waals surface area contributed by atoms with Crippen LogP contribution in [0.3, 0.4) is 0 Å². The number of thiazole rings is 1. The van der Waals surface area contributed by atoms with Crippen LogP contribution in [0.15, 0.2) is 92.3 Å². The van der Waals surface area contributed by atoms with Crippen LogP contribution in [0.5, 0.6) is 11.5 Å². The summed E-state index contributed by atoms with van der Waals surface area (Å²) in [6.07, 6.45) is 1.77. The number of allylic oxidation sites excluding steroid dienone is 1. The molecule has 0 spiro atoms. The summed E-state index contributed by atoms with van der Waals surface area (Å²) < 4.78 is 19.7. The molecule has 0 amide bonds. The molecule has 0 N–H and O–H groups in total. The number of carbonyl (C=O) groups is 1. The molecule has 3 aromatic carbocycles. The number of fused-ring (bicyclic) bond motifs is 1. The van der Waals surface area contributed by atoms with Crippen molar-refractivity contribution in [2.45, 2.75) is 46.4 Å². The Labute approximate surface area is 271 Å². The molecule has 12 heteroatoms. The number of aromatic nitrogens is 1. The molecule has 0 bridgehead atoms. The minimum atomic E-state index is -0.725. The van der Waals surface area contributed by atoms with Crippen LogP contribution in [-0.4, -0.2) is 28.2 Å². The highest BCUT2D eigenvalue weighted by molar-refractivity contribution is 9.10. The number of nitro benzene ring substituents is 1. The second-order valence-corrected chi connectivity index (χ2v) is 12.3. The fourth-order valence-electron chi connectivity index (χ4n) is 4.86. The zero-order valence-electron chi connectivity index (χ0n) is 25.0. The van der Waals surface area contributed by atoms with E-state index in [-0.39, 0.29) is 30.6 Å². The highest BCUT2D eigenvalue weighted by Crippen LogP contribution is 2.32. The fraction of sp³-hybridized carbons (Fsp3) is 0.242. The van der Waals surface area contributed by atoms with Crippen molar-refractivity contribution in [2.75, 3.05) is 6.61 Å². The van der Waals surface area contributed by atoms with Crippen molar-refractivity contribution in [1.82, 2.24) is 4.57 Å². The average Bonchev–Trinajstić information content (AvgIpc) is 3.30. The molecule has 0 fully saturated rings. The Hall–Kier alpha value is -4.55. The van der Waals surface area contributed by atoms with Crippen molar-refractivity contribution in [1.29, 1.82) is 0 Å². The van der Waals surface area contributed by atoms with Crippen LogP contribution in [0, 0.1) is 10.1 Å². The van der Waals surface area contributed by atoms with Gasteiger partial charge in [-0.1, -0.05) is 29.5 Å². The van der Waals surface area contributed by atoms with E-state index >= 15 is 0 Å². The Kier molecular flexibility index (Phi) is 9.64. The third kappa shape index (κ3) is 7.07. The average molecular weight is 693 g/mol. The van der Waals surface area contributed by atoms with Gasteiger partial charge in [0, 0.05) is 12.1 Å². The third-order valence-electron chi connectivity index (χ3n) is 6.88. The smallest absolute Gasteiger partial charge is 0.338 e. The highest BCUT2D eigenvalue weighted by Gasteiger charge is 2.33. The molecule has 2 heterocycles. The highest BCUT2D eigenvalue weighted by atomic mass is 79.9. The maximum atomic E-state index is 13.9. The largest absolute Gasteiger partial charge is 0.491 e. The van der Waals surface area contributed by atoms with E-state index in [1.54, 1.807) is 42.7 Å². The van der Waals surface area contributed by atoms with E-state index < -0.39 is 16.9 Å². The van der Waals surface area contributed by atoms with Crippen molar-refractivity contribution >= 4 is 45.0 Å². The second kappa shape index (κ2) is 13.6. The quantitative estimate of drug-likeness (QED) is 0.116. The van der Waals surface area contributed by atoms with Crippen LogP contribution in [0.1, 0.15) is 50.4 Å². The number of non-ortho nitro benzene ring substituents is 1. The first-order chi connectivity index (χ1) is 21.5. The van der Waals surface area contributed by atoms with Gasteiger partial charge in [-0.25, -0.2) is 9.79 Å². The number of ether oxygens (including phenoxy) is 3.